The second-order valence-corrected chi connectivity index (χ2v) is 5.93. The minimum absolute atomic E-state index is 0.0642. The highest BCUT2D eigenvalue weighted by Crippen LogP contribution is 2.21. The summed E-state index contributed by atoms with van der Waals surface area (Å²) < 4.78 is 1.34. The van der Waals surface area contributed by atoms with Gasteiger partial charge in [0.05, 0.1) is 17.0 Å². The lowest BCUT2D eigenvalue weighted by Crippen LogP contribution is -2.23. The van der Waals surface area contributed by atoms with Crippen molar-refractivity contribution in [2.24, 2.45) is 0 Å². The van der Waals surface area contributed by atoms with Crippen LogP contribution in [0.5, 0.6) is 0 Å². The molecule has 0 spiro atoms. The number of aromatic nitrogens is 2. The molecule has 2 aromatic heterocycles. The number of aromatic amines is 1. The number of nitrogens with zero attached hydrogens (tertiary/aromatic N) is 2. The third-order valence-corrected chi connectivity index (χ3v) is 4.38. The van der Waals surface area contributed by atoms with Gasteiger partial charge in [0, 0.05) is 46.2 Å². The molecule has 0 fully saturated rings. The number of hydrogen-bond acceptors (Lipinski definition) is 4. The Kier molecular flexibility index (Phi) is 3.62. The van der Waals surface area contributed by atoms with Crippen LogP contribution in [0.1, 0.15) is 10.4 Å². The number of carbonyl (C=O) groups excluding carboxylic acids is 1. The highest BCUT2D eigenvalue weighted by molar-refractivity contribution is 6.08. The maximum absolute atomic E-state index is 12.8. The molecule has 2 heterocycles. The monoisotopic (exact) mass is 347 g/mol. The molecule has 7 nitrogen and oxygen atoms in total. The molecule has 0 saturated carbocycles. The van der Waals surface area contributed by atoms with Crippen molar-refractivity contribution in [2.75, 3.05) is 0 Å². The summed E-state index contributed by atoms with van der Waals surface area (Å²) in [5.41, 5.74) is 1.43. The lowest BCUT2D eigenvalue weighted by molar-refractivity contribution is -0.384. The smallest absolute Gasteiger partial charge is 0.270 e. The fraction of sp³-hybridized carbons (Fsp3) is 0.0526. The maximum Gasteiger partial charge on any atom is 0.270 e. The summed E-state index contributed by atoms with van der Waals surface area (Å²) >= 11 is 0. The number of Topliss-reactive ketones (excluding diaryl/α,β-unsaturated/α-hetero) is 1. The molecule has 0 bridgehead atoms. The third-order valence-electron chi connectivity index (χ3n) is 4.38. The molecule has 4 rings (SSSR count). The molecule has 0 atom stereocenters. The van der Waals surface area contributed by atoms with E-state index in [4.69, 9.17) is 0 Å². The number of pyridine rings is 1. The fourth-order valence-electron chi connectivity index (χ4n) is 3.10. The van der Waals surface area contributed by atoms with Crippen molar-refractivity contribution in [1.82, 2.24) is 9.55 Å². The zero-order valence-corrected chi connectivity index (χ0v) is 13.5. The van der Waals surface area contributed by atoms with E-state index in [1.165, 1.54) is 34.9 Å². The van der Waals surface area contributed by atoms with Gasteiger partial charge in [-0.05, 0) is 18.2 Å². The molecule has 7 heteroatoms. The number of nitro groups is 1. The minimum atomic E-state index is -0.494. The molecule has 0 amide bonds. The number of rotatable bonds is 4. The Labute approximate surface area is 146 Å². The first-order valence-electron chi connectivity index (χ1n) is 7.92. The highest BCUT2D eigenvalue weighted by atomic mass is 16.6. The Morgan fingerprint density at radius 3 is 2.73 bits per heavy atom. The minimum Gasteiger partial charge on any atom is -0.360 e. The van der Waals surface area contributed by atoms with E-state index in [0.29, 0.717) is 16.5 Å². The van der Waals surface area contributed by atoms with E-state index >= 15 is 0 Å². The number of para-hydroxylation sites is 1. The van der Waals surface area contributed by atoms with E-state index in [0.717, 1.165) is 10.9 Å². The van der Waals surface area contributed by atoms with Crippen LogP contribution < -0.4 is 5.56 Å². The lowest BCUT2D eigenvalue weighted by Gasteiger charge is -2.09. The summed E-state index contributed by atoms with van der Waals surface area (Å²) in [6.45, 7) is -0.143. The van der Waals surface area contributed by atoms with Gasteiger partial charge in [-0.15, -0.1) is 0 Å². The van der Waals surface area contributed by atoms with Crippen molar-refractivity contribution in [2.45, 2.75) is 6.54 Å². The standard InChI is InChI=1S/C19H13N3O4/c23-18(15-10-20-16-4-2-1-3-14(15)16)11-21-17-7-6-13(22(25)26)9-12(17)5-8-19(21)24/h1-10,20H,11H2. The summed E-state index contributed by atoms with van der Waals surface area (Å²) in [7, 11) is 0. The van der Waals surface area contributed by atoms with Crippen LogP contribution in [0.4, 0.5) is 5.69 Å². The van der Waals surface area contributed by atoms with Gasteiger partial charge in [0.1, 0.15) is 0 Å². The molecule has 4 aromatic rings. The van der Waals surface area contributed by atoms with E-state index in [1.807, 2.05) is 24.3 Å². The van der Waals surface area contributed by atoms with Crippen LogP contribution in [0.2, 0.25) is 0 Å². The molecular formula is C19H13N3O4. The van der Waals surface area contributed by atoms with Crippen molar-refractivity contribution < 1.29 is 9.72 Å². The molecule has 2 aromatic carbocycles. The van der Waals surface area contributed by atoms with Crippen LogP contribution in [0, 0.1) is 10.1 Å². The van der Waals surface area contributed by atoms with Gasteiger partial charge >= 0.3 is 0 Å². The van der Waals surface area contributed by atoms with Gasteiger partial charge in [0.25, 0.3) is 11.2 Å². The third kappa shape index (κ3) is 2.55. The number of H-pyrrole nitrogens is 1. The summed E-state index contributed by atoms with van der Waals surface area (Å²) in [6, 6.07) is 14.5. The normalized spacial score (nSPS) is 11.1. The number of nitro benzene ring substituents is 1. The Hall–Kier alpha value is -3.74. The zero-order chi connectivity index (χ0) is 18.3. The zero-order valence-electron chi connectivity index (χ0n) is 13.5. The summed E-state index contributed by atoms with van der Waals surface area (Å²) in [6.07, 6.45) is 1.63. The summed E-state index contributed by atoms with van der Waals surface area (Å²) in [5.74, 6) is -0.213. The molecule has 0 radical (unpaired) electrons. The predicted octanol–water partition coefficient (Wildman–Crippen LogP) is 3.27. The molecule has 0 saturated heterocycles. The van der Waals surface area contributed by atoms with Crippen LogP contribution in [-0.2, 0) is 6.54 Å². The van der Waals surface area contributed by atoms with E-state index in [2.05, 4.69) is 4.98 Å². The molecule has 26 heavy (non-hydrogen) atoms. The van der Waals surface area contributed by atoms with E-state index in [1.54, 1.807) is 6.20 Å². The van der Waals surface area contributed by atoms with E-state index in [-0.39, 0.29) is 23.6 Å². The first-order chi connectivity index (χ1) is 12.5. The Morgan fingerprint density at radius 1 is 1.12 bits per heavy atom. The molecule has 128 valence electrons. The van der Waals surface area contributed by atoms with Gasteiger partial charge in [-0.1, -0.05) is 18.2 Å². The molecular weight excluding hydrogens is 334 g/mol. The summed E-state index contributed by atoms with van der Waals surface area (Å²) in [5, 5.41) is 12.3. The number of benzene rings is 2. The molecule has 1 N–H and O–H groups in total. The van der Waals surface area contributed by atoms with Crippen molar-refractivity contribution in [3.63, 3.8) is 0 Å². The topological polar surface area (TPSA) is 98.0 Å². The molecule has 0 unspecified atom stereocenters. The van der Waals surface area contributed by atoms with Crippen molar-refractivity contribution in [3.8, 4) is 0 Å². The van der Waals surface area contributed by atoms with Gasteiger partial charge in [-0.25, -0.2) is 0 Å². The number of non-ortho nitro benzene ring substituents is 1. The molecule has 0 aliphatic heterocycles. The second-order valence-electron chi connectivity index (χ2n) is 5.93. The largest absolute Gasteiger partial charge is 0.360 e. The van der Waals surface area contributed by atoms with Crippen LogP contribution in [0.15, 0.2) is 65.6 Å². The predicted molar refractivity (Wildman–Crippen MR) is 97.5 cm³/mol. The van der Waals surface area contributed by atoms with Crippen LogP contribution in [0.3, 0.4) is 0 Å². The lowest BCUT2D eigenvalue weighted by atomic mass is 10.1. The van der Waals surface area contributed by atoms with Gasteiger partial charge in [-0.3, -0.25) is 19.7 Å². The van der Waals surface area contributed by atoms with Gasteiger partial charge in [0.2, 0.25) is 0 Å². The Balaban J connectivity index is 1.79. The number of nitrogens with one attached hydrogen (secondary N) is 1. The second kappa shape index (κ2) is 5.96. The Morgan fingerprint density at radius 2 is 1.92 bits per heavy atom. The molecule has 0 aliphatic rings. The maximum atomic E-state index is 12.8. The average molecular weight is 347 g/mol. The van der Waals surface area contributed by atoms with Gasteiger partial charge < -0.3 is 9.55 Å². The first-order valence-corrected chi connectivity index (χ1v) is 7.92. The van der Waals surface area contributed by atoms with Gasteiger partial charge in [0.15, 0.2) is 5.78 Å². The number of fused-ring (bicyclic) bond motifs is 2. The van der Waals surface area contributed by atoms with Crippen molar-refractivity contribution in [3.05, 3.63) is 86.8 Å². The Bertz CT molecular complexity index is 1240. The van der Waals surface area contributed by atoms with Gasteiger partial charge in [-0.2, -0.15) is 0 Å². The first kappa shape index (κ1) is 15.8. The van der Waals surface area contributed by atoms with Crippen LogP contribution in [-0.4, -0.2) is 20.3 Å². The van der Waals surface area contributed by atoms with Crippen molar-refractivity contribution in [1.29, 1.82) is 0 Å². The number of carbonyl (C=O) groups is 1. The SMILES string of the molecule is O=C(Cn1c(=O)ccc2cc([N+](=O)[O-])ccc21)c1c[nH]c2ccccc12. The highest BCUT2D eigenvalue weighted by Gasteiger charge is 2.15. The number of ketones is 1. The quantitative estimate of drug-likeness (QED) is 0.348. The van der Waals surface area contributed by atoms with E-state index in [9.17, 15) is 19.7 Å². The van der Waals surface area contributed by atoms with Crippen LogP contribution in [0.25, 0.3) is 21.8 Å². The summed E-state index contributed by atoms with van der Waals surface area (Å²) in [4.78, 5) is 38.5. The van der Waals surface area contributed by atoms with Crippen molar-refractivity contribution >= 4 is 33.3 Å². The number of hydrogen-bond donors (Lipinski definition) is 1. The fourth-order valence-corrected chi connectivity index (χ4v) is 3.10. The molecule has 0 aliphatic carbocycles. The average Bonchev–Trinajstić information content (AvgIpc) is 3.07. The van der Waals surface area contributed by atoms with Crippen LogP contribution >= 0.6 is 0 Å². The van der Waals surface area contributed by atoms with E-state index < -0.39 is 4.92 Å².